The average Bonchev–Trinajstić information content (AvgIpc) is 3.33. The van der Waals surface area contributed by atoms with Gasteiger partial charge in [0.2, 0.25) is 0 Å². The Bertz CT molecular complexity index is 2050. The number of hydrogen-bond donors (Lipinski definition) is 1. The van der Waals surface area contributed by atoms with Crippen LogP contribution in [0.15, 0.2) is 150 Å². The first kappa shape index (κ1) is 28.9. The maximum atomic E-state index is 5.36. The fourth-order valence-electron chi connectivity index (χ4n) is 8.42. The Hall–Kier alpha value is -4.53. The second kappa shape index (κ2) is 11.1. The van der Waals surface area contributed by atoms with Crippen molar-refractivity contribution in [2.45, 2.75) is 55.4 Å². The predicted octanol–water partition coefficient (Wildman–Crippen LogP) is 11.9. The Balaban J connectivity index is 1.41. The summed E-state index contributed by atoms with van der Waals surface area (Å²) in [6.45, 7) is 7.27. The molecule has 8 rings (SSSR count). The molecular weight excluding hydrogens is 575 g/mol. The summed E-state index contributed by atoms with van der Waals surface area (Å²) in [7, 11) is 0. The first-order chi connectivity index (χ1) is 22.4. The van der Waals surface area contributed by atoms with Gasteiger partial charge >= 0.3 is 0 Å². The number of allylic oxidation sites excluding steroid dienone is 4. The number of hydrogen-bond acceptors (Lipinski definition) is 2. The molecule has 226 valence electrons. The maximum Gasteiger partial charge on any atom is 0.0786 e. The van der Waals surface area contributed by atoms with Crippen molar-refractivity contribution in [1.82, 2.24) is 0 Å². The van der Waals surface area contributed by atoms with Crippen LogP contribution in [0.3, 0.4) is 0 Å². The molecule has 0 heterocycles. The summed E-state index contributed by atoms with van der Waals surface area (Å²) in [4.78, 5) is 3.59. The zero-order valence-corrected chi connectivity index (χ0v) is 27.6. The van der Waals surface area contributed by atoms with E-state index in [0.717, 1.165) is 34.7 Å². The van der Waals surface area contributed by atoms with Crippen molar-refractivity contribution in [3.8, 4) is 11.1 Å². The minimum absolute atomic E-state index is 0.0950. The summed E-state index contributed by atoms with van der Waals surface area (Å²) in [6.07, 6.45) is 11.4. The fraction of sp³-hybridized carbons (Fsp3) is 0.182. The molecule has 2 atom stereocenters. The van der Waals surface area contributed by atoms with Gasteiger partial charge in [-0.05, 0) is 88.1 Å². The van der Waals surface area contributed by atoms with E-state index in [1.54, 1.807) is 0 Å². The van der Waals surface area contributed by atoms with Crippen LogP contribution in [0.2, 0.25) is 0 Å². The van der Waals surface area contributed by atoms with Gasteiger partial charge in [0.15, 0.2) is 0 Å². The lowest BCUT2D eigenvalue weighted by molar-refractivity contribution is 0.403. The normalized spacial score (nSPS) is 20.7. The van der Waals surface area contributed by atoms with E-state index in [4.69, 9.17) is 12.6 Å². The van der Waals surface area contributed by atoms with Crippen LogP contribution >= 0.6 is 12.6 Å². The lowest BCUT2D eigenvalue weighted by atomic mass is 9.65. The fourth-order valence-corrected chi connectivity index (χ4v) is 8.79. The van der Waals surface area contributed by atoms with Crippen LogP contribution in [-0.2, 0) is 11.0 Å². The van der Waals surface area contributed by atoms with Crippen LogP contribution in [0.4, 0.5) is 11.4 Å². The van der Waals surface area contributed by atoms with Crippen molar-refractivity contribution >= 4 is 35.7 Å². The van der Waals surface area contributed by atoms with Gasteiger partial charge in [0.05, 0.1) is 11.2 Å². The summed E-state index contributed by atoms with van der Waals surface area (Å²) in [5.41, 5.74) is 13.6. The SMILES string of the molecule is CC1(C)C2=Cc3ccccc3C(C)(N(c3ccc(C4=CC=CCC4)cc3)c3cccc(-c4ccccc4)c3S)C2c2ccccc21. The molecule has 2 heteroatoms. The molecule has 0 N–H and O–H groups in total. The molecule has 1 nitrogen and oxygen atoms in total. The molecule has 0 saturated carbocycles. The van der Waals surface area contributed by atoms with Crippen LogP contribution in [0.1, 0.15) is 67.3 Å². The highest BCUT2D eigenvalue weighted by atomic mass is 32.1. The van der Waals surface area contributed by atoms with E-state index in [-0.39, 0.29) is 11.3 Å². The third kappa shape index (κ3) is 4.38. The first-order valence-corrected chi connectivity index (χ1v) is 16.9. The minimum Gasteiger partial charge on any atom is -0.330 e. The Morgan fingerprint density at radius 2 is 1.41 bits per heavy atom. The molecule has 3 aliphatic carbocycles. The molecule has 3 aliphatic rings. The molecular formula is C44H39NS. The smallest absolute Gasteiger partial charge is 0.0786 e. The largest absolute Gasteiger partial charge is 0.330 e. The Morgan fingerprint density at radius 3 is 2.17 bits per heavy atom. The average molecular weight is 614 g/mol. The van der Waals surface area contributed by atoms with E-state index in [1.165, 1.54) is 44.5 Å². The maximum absolute atomic E-state index is 5.36. The number of rotatable bonds is 5. The molecule has 0 saturated heterocycles. The van der Waals surface area contributed by atoms with E-state index in [1.807, 2.05) is 0 Å². The molecule has 0 fully saturated rings. The van der Waals surface area contributed by atoms with Crippen molar-refractivity contribution in [1.29, 1.82) is 0 Å². The van der Waals surface area contributed by atoms with Crippen molar-refractivity contribution in [2.75, 3.05) is 4.90 Å². The van der Waals surface area contributed by atoms with Gasteiger partial charge in [-0.3, -0.25) is 0 Å². The number of anilines is 2. The van der Waals surface area contributed by atoms with Crippen molar-refractivity contribution in [3.05, 3.63) is 173 Å². The summed E-state index contributed by atoms with van der Waals surface area (Å²) in [6, 6.07) is 44.7. The molecule has 0 radical (unpaired) electrons. The third-order valence-corrected chi connectivity index (χ3v) is 11.1. The predicted molar refractivity (Wildman–Crippen MR) is 198 cm³/mol. The summed E-state index contributed by atoms with van der Waals surface area (Å²) >= 11 is 5.36. The van der Waals surface area contributed by atoms with Crippen molar-refractivity contribution in [2.24, 2.45) is 0 Å². The zero-order valence-electron chi connectivity index (χ0n) is 26.7. The van der Waals surface area contributed by atoms with E-state index in [0.29, 0.717) is 0 Å². The highest BCUT2D eigenvalue weighted by Gasteiger charge is 2.55. The lowest BCUT2D eigenvalue weighted by Crippen LogP contribution is -2.48. The van der Waals surface area contributed by atoms with Gasteiger partial charge in [0.1, 0.15) is 0 Å². The second-order valence-corrected chi connectivity index (χ2v) is 14.0. The Labute approximate surface area is 279 Å². The standard InChI is InChI=1S/C44H39NS/c1-43(2)38-23-13-11-20-36(38)41-39(43)29-33-19-10-12-22-37(33)44(41,3)45(34-27-25-31(26-28-34)30-15-6-4-7-16-30)40-24-14-21-35(42(40)46)32-17-8-5-9-18-32/h4-6,8-15,17-29,41,46H,7,16H2,1-3H3. The van der Waals surface area contributed by atoms with Gasteiger partial charge in [-0.15, -0.1) is 12.6 Å². The Kier molecular flexibility index (Phi) is 6.96. The van der Waals surface area contributed by atoms with Crippen molar-refractivity contribution < 1.29 is 0 Å². The first-order valence-electron chi connectivity index (χ1n) is 16.4. The molecule has 0 aromatic heterocycles. The van der Waals surface area contributed by atoms with E-state index in [9.17, 15) is 0 Å². The second-order valence-electron chi connectivity index (χ2n) is 13.6. The van der Waals surface area contributed by atoms with E-state index in [2.05, 4.69) is 171 Å². The molecule has 46 heavy (non-hydrogen) atoms. The van der Waals surface area contributed by atoms with Gasteiger partial charge in [-0.2, -0.15) is 0 Å². The van der Waals surface area contributed by atoms with Gasteiger partial charge in [0, 0.05) is 21.9 Å². The molecule has 0 aliphatic heterocycles. The van der Waals surface area contributed by atoms with Crippen LogP contribution < -0.4 is 4.90 Å². The minimum atomic E-state index is -0.453. The third-order valence-electron chi connectivity index (χ3n) is 10.7. The van der Waals surface area contributed by atoms with Crippen molar-refractivity contribution in [3.63, 3.8) is 0 Å². The topological polar surface area (TPSA) is 3.24 Å². The summed E-state index contributed by atoms with van der Waals surface area (Å²) in [5, 5.41) is 0. The quantitative estimate of drug-likeness (QED) is 0.193. The van der Waals surface area contributed by atoms with Crippen LogP contribution in [0, 0.1) is 0 Å². The zero-order chi connectivity index (χ0) is 31.5. The van der Waals surface area contributed by atoms with E-state index >= 15 is 0 Å². The Morgan fingerprint density at radius 1 is 0.696 bits per heavy atom. The number of thiol groups is 1. The van der Waals surface area contributed by atoms with Gasteiger partial charge < -0.3 is 4.90 Å². The van der Waals surface area contributed by atoms with Gasteiger partial charge in [-0.1, -0.05) is 141 Å². The monoisotopic (exact) mass is 613 g/mol. The molecule has 5 aromatic rings. The highest BCUT2D eigenvalue weighted by molar-refractivity contribution is 7.80. The molecule has 2 unspecified atom stereocenters. The molecule has 0 amide bonds. The highest BCUT2D eigenvalue weighted by Crippen LogP contribution is 2.63. The summed E-state index contributed by atoms with van der Waals surface area (Å²) in [5.74, 6) is 0.146. The van der Waals surface area contributed by atoms with Crippen LogP contribution in [-0.4, -0.2) is 0 Å². The summed E-state index contributed by atoms with van der Waals surface area (Å²) < 4.78 is 0. The number of fused-ring (bicyclic) bond motifs is 4. The number of benzene rings is 5. The van der Waals surface area contributed by atoms with E-state index < -0.39 is 5.54 Å². The van der Waals surface area contributed by atoms with Crippen LogP contribution in [0.5, 0.6) is 0 Å². The molecule has 0 bridgehead atoms. The van der Waals surface area contributed by atoms with Crippen LogP contribution in [0.25, 0.3) is 22.8 Å². The van der Waals surface area contributed by atoms with Gasteiger partial charge in [-0.25, -0.2) is 0 Å². The van der Waals surface area contributed by atoms with Gasteiger partial charge in [0.25, 0.3) is 0 Å². The molecule has 0 spiro atoms. The lowest BCUT2D eigenvalue weighted by Gasteiger charge is -2.51. The molecule has 5 aromatic carbocycles. The number of nitrogens with zero attached hydrogens (tertiary/aromatic N) is 1.